The fraction of sp³-hybridized carbons (Fsp3) is 0.292. The Labute approximate surface area is 191 Å². The van der Waals surface area contributed by atoms with Gasteiger partial charge in [0.25, 0.3) is 5.69 Å². The van der Waals surface area contributed by atoms with Gasteiger partial charge in [-0.25, -0.2) is 4.98 Å². The van der Waals surface area contributed by atoms with Gasteiger partial charge in [-0.1, -0.05) is 6.07 Å². The Morgan fingerprint density at radius 3 is 2.73 bits per heavy atom. The van der Waals surface area contributed by atoms with Gasteiger partial charge in [0.1, 0.15) is 5.82 Å². The molecule has 4 heterocycles. The molecule has 0 spiro atoms. The monoisotopic (exact) mass is 444 g/mol. The van der Waals surface area contributed by atoms with Crippen LogP contribution in [0.5, 0.6) is 0 Å². The Morgan fingerprint density at radius 1 is 1.12 bits per heavy atom. The molecule has 1 saturated heterocycles. The van der Waals surface area contributed by atoms with E-state index in [1.807, 2.05) is 36.4 Å². The van der Waals surface area contributed by atoms with Crippen molar-refractivity contribution in [1.82, 2.24) is 15.3 Å². The predicted molar refractivity (Wildman–Crippen MR) is 124 cm³/mol. The number of anilines is 2. The number of carbonyl (C=O) groups is 1. The number of pyridine rings is 2. The quantitative estimate of drug-likeness (QED) is 0.476. The number of piperazine rings is 1. The summed E-state index contributed by atoms with van der Waals surface area (Å²) >= 11 is 0. The minimum absolute atomic E-state index is 0.0512. The Bertz CT molecular complexity index is 1160. The Kier molecular flexibility index (Phi) is 5.60. The number of nitrogens with zero attached hydrogens (tertiary/aromatic N) is 5. The standard InChI is InChI=1S/C24H24N6O3/c31-24(27-15-17-6-9-25-10-7-17)20-14-18-13-19(30(32)33)4-5-21(18)29-12-11-28(16-22(20)29)23-3-1-2-8-26-23/h1-10,13,20,22H,11-12,14-16H2,(H,27,31). The first-order chi connectivity index (χ1) is 16.1. The van der Waals surface area contributed by atoms with Gasteiger partial charge in [-0.15, -0.1) is 0 Å². The van der Waals surface area contributed by atoms with Crippen LogP contribution in [0.2, 0.25) is 0 Å². The summed E-state index contributed by atoms with van der Waals surface area (Å²) in [5.41, 5.74) is 2.84. The van der Waals surface area contributed by atoms with Crippen molar-refractivity contribution in [2.24, 2.45) is 5.92 Å². The Hall–Kier alpha value is -4.01. The van der Waals surface area contributed by atoms with Crippen molar-refractivity contribution in [2.45, 2.75) is 19.0 Å². The molecule has 2 atom stereocenters. The lowest BCUT2D eigenvalue weighted by molar-refractivity contribution is -0.384. The number of non-ortho nitro benzene ring substituents is 1. The lowest BCUT2D eigenvalue weighted by atomic mass is 9.83. The van der Waals surface area contributed by atoms with Crippen LogP contribution >= 0.6 is 0 Å². The van der Waals surface area contributed by atoms with Gasteiger partial charge in [-0.05, 0) is 47.9 Å². The number of hydrogen-bond acceptors (Lipinski definition) is 7. The molecule has 168 valence electrons. The number of aromatic nitrogens is 2. The maximum Gasteiger partial charge on any atom is 0.269 e. The number of nitro benzene ring substituents is 1. The molecule has 5 rings (SSSR count). The fourth-order valence-corrected chi connectivity index (χ4v) is 4.79. The molecule has 1 amide bonds. The van der Waals surface area contributed by atoms with Crippen molar-refractivity contribution in [3.05, 3.63) is 88.4 Å². The van der Waals surface area contributed by atoms with Crippen LogP contribution in [-0.2, 0) is 17.8 Å². The number of benzene rings is 1. The van der Waals surface area contributed by atoms with E-state index in [1.54, 1.807) is 30.7 Å². The zero-order valence-corrected chi connectivity index (χ0v) is 18.0. The molecule has 1 N–H and O–H groups in total. The van der Waals surface area contributed by atoms with Crippen LogP contribution in [0.15, 0.2) is 67.1 Å². The molecular formula is C24H24N6O3. The fourth-order valence-electron chi connectivity index (χ4n) is 4.79. The van der Waals surface area contributed by atoms with Gasteiger partial charge < -0.3 is 15.1 Å². The summed E-state index contributed by atoms with van der Waals surface area (Å²) in [5, 5.41) is 14.4. The molecule has 9 heteroatoms. The maximum absolute atomic E-state index is 13.4. The van der Waals surface area contributed by atoms with Crippen molar-refractivity contribution >= 4 is 23.1 Å². The van der Waals surface area contributed by atoms with Gasteiger partial charge >= 0.3 is 0 Å². The van der Waals surface area contributed by atoms with Gasteiger partial charge in [0.15, 0.2) is 0 Å². The zero-order chi connectivity index (χ0) is 22.8. The summed E-state index contributed by atoms with van der Waals surface area (Å²) in [6.07, 6.45) is 5.63. The lowest BCUT2D eigenvalue weighted by Crippen LogP contribution is -2.61. The Morgan fingerprint density at radius 2 is 1.97 bits per heavy atom. The van der Waals surface area contributed by atoms with E-state index in [4.69, 9.17) is 0 Å². The molecule has 9 nitrogen and oxygen atoms in total. The van der Waals surface area contributed by atoms with Gasteiger partial charge in [0, 0.05) is 62.6 Å². The molecule has 1 aromatic carbocycles. The zero-order valence-electron chi connectivity index (χ0n) is 18.0. The topological polar surface area (TPSA) is 104 Å². The molecule has 2 unspecified atom stereocenters. The number of hydrogen-bond donors (Lipinski definition) is 1. The van der Waals surface area contributed by atoms with Crippen LogP contribution in [0.3, 0.4) is 0 Å². The SMILES string of the molecule is O=C(NCc1ccncc1)C1Cc2cc([N+](=O)[O-])ccc2N2CCN(c3ccccn3)CC12. The summed E-state index contributed by atoms with van der Waals surface area (Å²) in [6.45, 7) is 2.53. The first-order valence-corrected chi connectivity index (χ1v) is 11.0. The predicted octanol–water partition coefficient (Wildman–Crippen LogP) is 2.57. The molecule has 1 fully saturated rings. The lowest BCUT2D eigenvalue weighted by Gasteiger charge is -2.49. The molecule has 2 aliphatic heterocycles. The highest BCUT2D eigenvalue weighted by molar-refractivity contribution is 5.82. The average Bonchev–Trinajstić information content (AvgIpc) is 2.87. The smallest absolute Gasteiger partial charge is 0.269 e. The third kappa shape index (κ3) is 4.21. The van der Waals surface area contributed by atoms with Gasteiger partial charge in [-0.3, -0.25) is 19.9 Å². The van der Waals surface area contributed by atoms with Crippen molar-refractivity contribution in [1.29, 1.82) is 0 Å². The first kappa shape index (κ1) is 20.9. The molecule has 2 aliphatic rings. The second-order valence-electron chi connectivity index (χ2n) is 8.35. The second-order valence-corrected chi connectivity index (χ2v) is 8.35. The molecule has 2 aromatic heterocycles. The van der Waals surface area contributed by atoms with E-state index in [2.05, 4.69) is 25.1 Å². The van der Waals surface area contributed by atoms with Crippen molar-refractivity contribution in [3.63, 3.8) is 0 Å². The van der Waals surface area contributed by atoms with E-state index in [1.165, 1.54) is 0 Å². The summed E-state index contributed by atoms with van der Waals surface area (Å²) in [5.74, 6) is 0.497. The molecular weight excluding hydrogens is 420 g/mol. The van der Waals surface area contributed by atoms with Crippen LogP contribution < -0.4 is 15.1 Å². The van der Waals surface area contributed by atoms with Crippen LogP contribution in [0, 0.1) is 16.0 Å². The van der Waals surface area contributed by atoms with E-state index in [9.17, 15) is 14.9 Å². The van der Waals surface area contributed by atoms with E-state index in [0.29, 0.717) is 26.1 Å². The highest BCUT2D eigenvalue weighted by Gasteiger charge is 2.42. The van der Waals surface area contributed by atoms with Gasteiger partial charge in [0.2, 0.25) is 5.91 Å². The number of rotatable bonds is 5. The van der Waals surface area contributed by atoms with Crippen molar-refractivity contribution in [2.75, 3.05) is 29.4 Å². The molecule has 3 aromatic rings. The van der Waals surface area contributed by atoms with E-state index in [0.717, 1.165) is 29.2 Å². The molecule has 0 aliphatic carbocycles. The van der Waals surface area contributed by atoms with Crippen LogP contribution in [0.4, 0.5) is 17.2 Å². The van der Waals surface area contributed by atoms with E-state index >= 15 is 0 Å². The number of nitro groups is 1. The molecule has 33 heavy (non-hydrogen) atoms. The minimum Gasteiger partial charge on any atom is -0.364 e. The highest BCUT2D eigenvalue weighted by Crippen LogP contribution is 2.38. The summed E-state index contributed by atoms with van der Waals surface area (Å²) in [4.78, 5) is 37.3. The van der Waals surface area contributed by atoms with E-state index in [-0.39, 0.29) is 28.5 Å². The van der Waals surface area contributed by atoms with Crippen molar-refractivity contribution < 1.29 is 9.72 Å². The third-order valence-electron chi connectivity index (χ3n) is 6.43. The summed E-state index contributed by atoms with van der Waals surface area (Å²) < 4.78 is 0. The molecule has 0 radical (unpaired) electrons. The van der Waals surface area contributed by atoms with Gasteiger partial charge in [0.05, 0.1) is 16.9 Å². The highest BCUT2D eigenvalue weighted by atomic mass is 16.6. The number of amides is 1. The van der Waals surface area contributed by atoms with Crippen LogP contribution in [0.25, 0.3) is 0 Å². The Balaban J connectivity index is 1.43. The van der Waals surface area contributed by atoms with Crippen LogP contribution in [0.1, 0.15) is 11.1 Å². The van der Waals surface area contributed by atoms with Crippen LogP contribution in [-0.4, -0.2) is 46.5 Å². The maximum atomic E-state index is 13.4. The summed E-state index contributed by atoms with van der Waals surface area (Å²) in [6, 6.07) is 14.5. The number of fused-ring (bicyclic) bond motifs is 3. The van der Waals surface area contributed by atoms with Gasteiger partial charge in [-0.2, -0.15) is 0 Å². The number of nitrogens with one attached hydrogen (secondary N) is 1. The normalized spacial score (nSPS) is 19.4. The second kappa shape index (κ2) is 8.85. The number of carbonyl (C=O) groups excluding carboxylic acids is 1. The first-order valence-electron chi connectivity index (χ1n) is 11.0. The van der Waals surface area contributed by atoms with E-state index < -0.39 is 0 Å². The van der Waals surface area contributed by atoms with Crippen molar-refractivity contribution in [3.8, 4) is 0 Å². The third-order valence-corrected chi connectivity index (χ3v) is 6.43. The average molecular weight is 444 g/mol. The summed E-state index contributed by atoms with van der Waals surface area (Å²) in [7, 11) is 0. The largest absolute Gasteiger partial charge is 0.364 e. The molecule has 0 saturated carbocycles. The molecule has 0 bridgehead atoms. The minimum atomic E-state index is -0.385.